The molecule has 1 saturated heterocycles. The maximum Gasteiger partial charge on any atom is 0.488 e. The summed E-state index contributed by atoms with van der Waals surface area (Å²) < 4.78 is 38.3. The Morgan fingerprint density at radius 2 is 1.68 bits per heavy atom. The number of nitrogen functional groups attached to an aromatic ring is 1. The van der Waals surface area contributed by atoms with Crippen molar-refractivity contribution in [2.45, 2.75) is 71.0 Å². The van der Waals surface area contributed by atoms with Crippen molar-refractivity contribution >= 4 is 25.4 Å². The van der Waals surface area contributed by atoms with Crippen molar-refractivity contribution in [1.82, 2.24) is 14.5 Å². The second kappa shape index (κ2) is 13.4. The van der Waals surface area contributed by atoms with Gasteiger partial charge in [-0.15, -0.1) is 4.52 Å². The quantitative estimate of drug-likeness (QED) is 0.275. The summed E-state index contributed by atoms with van der Waals surface area (Å²) in [5.74, 6) is -0.0563. The molecule has 40 heavy (non-hydrogen) atoms. The van der Waals surface area contributed by atoms with Crippen LogP contribution in [-0.2, 0) is 29.8 Å². The molecule has 0 spiro atoms. The maximum absolute atomic E-state index is 13.2. The number of hydrogen-bond donors (Lipinski definition) is 2. The van der Waals surface area contributed by atoms with Gasteiger partial charge < -0.3 is 24.8 Å². The molecule has 13 heteroatoms. The number of aromatic amines is 1. The van der Waals surface area contributed by atoms with Crippen molar-refractivity contribution in [3.8, 4) is 0 Å². The van der Waals surface area contributed by atoms with Crippen LogP contribution in [0, 0.1) is 0 Å². The summed E-state index contributed by atoms with van der Waals surface area (Å²) in [7, 11) is -3.09. The first-order chi connectivity index (χ1) is 19.1. The summed E-state index contributed by atoms with van der Waals surface area (Å²) in [6, 6.07) is 17.4. The Kier molecular flexibility index (Phi) is 9.96. The molecule has 1 fully saturated rings. The number of ether oxygens (including phenoxy) is 3. The number of H-pyrrole nitrogens is 1. The lowest BCUT2D eigenvalue weighted by Crippen LogP contribution is -2.49. The van der Waals surface area contributed by atoms with Crippen LogP contribution < -0.4 is 20.8 Å². The third-order valence-corrected chi connectivity index (χ3v) is 6.45. The van der Waals surface area contributed by atoms with Gasteiger partial charge in [-0.25, -0.2) is 4.57 Å². The summed E-state index contributed by atoms with van der Waals surface area (Å²) in [4.78, 5) is 31.4. The predicted octanol–water partition coefficient (Wildman–Crippen LogP) is 2.29. The van der Waals surface area contributed by atoms with Crippen LogP contribution in [-0.4, -0.2) is 51.7 Å². The molecule has 0 amide bonds. The van der Waals surface area contributed by atoms with E-state index in [2.05, 4.69) is 9.97 Å². The molecule has 0 aliphatic carbocycles. The second-order valence-electron chi connectivity index (χ2n) is 9.91. The number of nitrogens with zero attached hydrogens (tertiary/aromatic N) is 3. The van der Waals surface area contributed by atoms with E-state index in [9.17, 15) is 14.3 Å². The summed E-state index contributed by atoms with van der Waals surface area (Å²) in [5.41, 5.74) is 7.03. The first-order valence-electron chi connectivity index (χ1n) is 13.0. The Bertz CT molecular complexity index is 1420. The number of nitrogens with two attached hydrogens (primary N) is 1. The van der Waals surface area contributed by atoms with E-state index in [1.165, 1.54) is 0 Å². The van der Waals surface area contributed by atoms with Crippen LogP contribution in [0.25, 0.3) is 11.2 Å². The fourth-order valence-electron chi connectivity index (χ4n) is 4.65. The lowest BCUT2D eigenvalue weighted by molar-refractivity contribution is -0.746. The van der Waals surface area contributed by atoms with Crippen molar-refractivity contribution in [1.29, 1.82) is 0 Å². The number of imidazole rings is 1. The second-order valence-corrected chi connectivity index (χ2v) is 10.6. The monoisotopic (exact) mass is 572 g/mol. The van der Waals surface area contributed by atoms with Crippen molar-refractivity contribution in [3.63, 3.8) is 0 Å². The summed E-state index contributed by atoms with van der Waals surface area (Å²) in [6.07, 6.45) is -1.65. The molecule has 5 atom stereocenters. The maximum atomic E-state index is 13.2. The van der Waals surface area contributed by atoms with Gasteiger partial charge in [-0.3, -0.25) is 14.3 Å². The van der Waals surface area contributed by atoms with E-state index in [0.717, 1.165) is 5.56 Å². The number of nitrogens with one attached hydrogen (secondary N) is 1. The molecule has 2 unspecified atom stereocenters. The van der Waals surface area contributed by atoms with Crippen LogP contribution in [0.3, 0.4) is 0 Å². The van der Waals surface area contributed by atoms with Crippen LogP contribution in [0.1, 0.15) is 39.5 Å². The average Bonchev–Trinajstić information content (AvgIpc) is 3.39. The van der Waals surface area contributed by atoms with Crippen molar-refractivity contribution in [3.05, 3.63) is 76.8 Å². The smallest absolute Gasteiger partial charge is 0.488 e. The molecule has 3 N–H and O–H groups in total. The van der Waals surface area contributed by atoms with Gasteiger partial charge in [0.2, 0.25) is 11.7 Å². The Hall–Kier alpha value is -3.25. The van der Waals surface area contributed by atoms with Crippen LogP contribution in [0.15, 0.2) is 65.7 Å². The predicted molar refractivity (Wildman–Crippen MR) is 146 cm³/mol. The third-order valence-electron chi connectivity index (χ3n) is 6.09. The molecular formula is C27H35N5O7P+. The van der Waals surface area contributed by atoms with Gasteiger partial charge in [0.25, 0.3) is 11.5 Å². The average molecular weight is 573 g/mol. The minimum absolute atomic E-state index is 0.0563. The molecule has 2 aromatic heterocycles. The lowest BCUT2D eigenvalue weighted by atomic mass is 10.1. The molecule has 1 aromatic carbocycles. The Morgan fingerprint density at radius 1 is 1.07 bits per heavy atom. The van der Waals surface area contributed by atoms with E-state index in [4.69, 9.17) is 24.5 Å². The van der Waals surface area contributed by atoms with Gasteiger partial charge in [-0.05, 0) is 37.8 Å². The highest BCUT2D eigenvalue weighted by Crippen LogP contribution is 2.34. The number of hydrogen-bond acceptors (Lipinski definition) is 9. The van der Waals surface area contributed by atoms with Gasteiger partial charge in [0.05, 0.1) is 18.8 Å². The molecule has 214 valence electrons. The van der Waals surface area contributed by atoms with Crippen LogP contribution in [0.4, 0.5) is 5.95 Å². The Morgan fingerprint density at radius 3 is 2.27 bits per heavy atom. The van der Waals surface area contributed by atoms with Gasteiger partial charge in [0.1, 0.15) is 24.9 Å². The highest BCUT2D eigenvalue weighted by Gasteiger charge is 2.51. The minimum atomic E-state index is -3.09. The SMILES string of the molecule is CC(C)OC1[C@@H](OC(C)C)[C@@H](CO[P+](=O)[O-])O[C@H]1[n+]1cn(Cc2ccccccccc2)c2c(=O)[nH]c(N)nc21. The number of aromatic nitrogens is 4. The minimum Gasteiger partial charge on any atom is -0.566 e. The van der Waals surface area contributed by atoms with Gasteiger partial charge in [-0.2, -0.15) is 0 Å². The molecule has 4 rings (SSSR count). The third kappa shape index (κ3) is 7.28. The highest BCUT2D eigenvalue weighted by molar-refractivity contribution is 7.30. The fourth-order valence-corrected chi connectivity index (χ4v) is 4.92. The number of rotatable bonds is 10. The van der Waals surface area contributed by atoms with E-state index < -0.39 is 38.4 Å². The van der Waals surface area contributed by atoms with Crippen LogP contribution in [0.2, 0.25) is 0 Å². The first kappa shape index (κ1) is 29.7. The van der Waals surface area contributed by atoms with Gasteiger partial charge in [0.15, 0.2) is 6.33 Å². The largest absolute Gasteiger partial charge is 0.566 e. The Balaban J connectivity index is 1.84. The van der Waals surface area contributed by atoms with Gasteiger partial charge >= 0.3 is 13.9 Å². The molecule has 3 aromatic rings. The van der Waals surface area contributed by atoms with Crippen molar-refractivity contribution in [2.24, 2.45) is 0 Å². The molecule has 12 nitrogen and oxygen atoms in total. The Labute approximate surface area is 233 Å². The van der Waals surface area contributed by atoms with E-state index in [1.54, 1.807) is 15.5 Å². The summed E-state index contributed by atoms with van der Waals surface area (Å²) in [6.45, 7) is 7.58. The molecule has 0 saturated carbocycles. The number of fused-ring (bicyclic) bond motifs is 1. The van der Waals surface area contributed by atoms with E-state index in [-0.39, 0.29) is 35.9 Å². The molecular weight excluding hydrogens is 537 g/mol. The van der Waals surface area contributed by atoms with Crippen molar-refractivity contribution in [2.75, 3.05) is 12.3 Å². The molecule has 1 aliphatic heterocycles. The zero-order chi connectivity index (χ0) is 28.8. The zero-order valence-electron chi connectivity index (χ0n) is 22.9. The first-order valence-corrected chi connectivity index (χ1v) is 14.1. The normalized spacial score (nSPS) is 21.2. The highest BCUT2D eigenvalue weighted by atomic mass is 31.1. The van der Waals surface area contributed by atoms with E-state index in [0.29, 0.717) is 6.54 Å². The fraction of sp³-hybridized carbons (Fsp3) is 0.444. The zero-order valence-corrected chi connectivity index (χ0v) is 23.8. The van der Waals surface area contributed by atoms with Gasteiger partial charge in [0, 0.05) is 0 Å². The summed E-state index contributed by atoms with van der Waals surface area (Å²) >= 11 is 0. The van der Waals surface area contributed by atoms with Crippen LogP contribution >= 0.6 is 8.25 Å². The van der Waals surface area contributed by atoms with Crippen molar-refractivity contribution < 1.29 is 32.8 Å². The molecule has 0 radical (unpaired) electrons. The van der Waals surface area contributed by atoms with E-state index >= 15 is 0 Å². The molecule has 1 aliphatic rings. The van der Waals surface area contributed by atoms with E-state index in [1.807, 2.05) is 82.3 Å². The molecule has 3 heterocycles. The standard InChI is InChI=1S/C27H34N5O7P/c1-17(2)37-22-20(15-36-40(34)35)39-26(23(22)38-18(3)4)32-16-31(21-24(32)29-27(28)30-25(21)33)14-19-12-10-8-6-5-7-9-11-13-19/h5-13,16-18,20,22-23,26H,14-15H2,1-4H3,(H2-,28,29,30,33)/p+1/t20-,22+,23?,26-/m1/s1. The number of anilines is 1. The topological polar surface area (TPSA) is 158 Å². The van der Waals surface area contributed by atoms with Crippen LogP contribution in [0.5, 0.6) is 0 Å². The van der Waals surface area contributed by atoms with Gasteiger partial charge in [-0.1, -0.05) is 59.6 Å². The summed E-state index contributed by atoms with van der Waals surface area (Å²) in [5, 5.41) is 0. The molecule has 0 bridgehead atoms. The lowest BCUT2D eigenvalue weighted by Gasteiger charge is -2.26.